The molecule has 4 nitrogen and oxygen atoms in total. The van der Waals surface area contributed by atoms with Gasteiger partial charge in [0.05, 0.1) is 11.1 Å². The number of anilines is 3. The first kappa shape index (κ1) is 13.8. The Morgan fingerprint density at radius 2 is 2.05 bits per heavy atom. The molecule has 1 aliphatic heterocycles. The molecule has 1 N–H and O–H groups in total. The zero-order valence-corrected chi connectivity index (χ0v) is 13.0. The van der Waals surface area contributed by atoms with Crippen molar-refractivity contribution in [2.75, 3.05) is 10.2 Å². The molecule has 2 aromatic rings. The van der Waals surface area contributed by atoms with Crippen molar-refractivity contribution in [3.8, 4) is 0 Å². The second-order valence-electron chi connectivity index (χ2n) is 5.61. The van der Waals surface area contributed by atoms with Crippen molar-refractivity contribution >= 4 is 39.5 Å². The summed E-state index contributed by atoms with van der Waals surface area (Å²) >= 11 is 1.51. The molecule has 0 radical (unpaired) electrons. The van der Waals surface area contributed by atoms with Gasteiger partial charge in [0, 0.05) is 12.6 Å². The summed E-state index contributed by atoms with van der Waals surface area (Å²) in [6, 6.07) is 9.49. The Morgan fingerprint density at radius 1 is 1.29 bits per heavy atom. The van der Waals surface area contributed by atoms with Crippen molar-refractivity contribution in [1.29, 1.82) is 0 Å². The number of hydrogen-bond acceptors (Lipinski definition) is 3. The zero-order chi connectivity index (χ0) is 15.2. The lowest BCUT2D eigenvalue weighted by Crippen LogP contribution is -2.26. The number of thiophene rings is 1. The van der Waals surface area contributed by atoms with E-state index in [0.29, 0.717) is 0 Å². The quantitative estimate of drug-likeness (QED) is 0.920. The molecule has 0 spiro atoms. The molecule has 0 saturated heterocycles. The molecule has 1 aromatic carbocycles. The summed E-state index contributed by atoms with van der Waals surface area (Å²) in [5, 5.41) is 5.69. The third-order valence-electron chi connectivity index (χ3n) is 3.79. The van der Waals surface area contributed by atoms with Gasteiger partial charge in [0.25, 0.3) is 0 Å². The normalized spacial score (nSPS) is 15.5. The molecule has 2 amide bonds. The highest BCUT2D eigenvalue weighted by molar-refractivity contribution is 7.14. The molecule has 5 heteroatoms. The molecule has 21 heavy (non-hydrogen) atoms. The summed E-state index contributed by atoms with van der Waals surface area (Å²) in [5.41, 5.74) is 1.98. The lowest BCUT2D eigenvalue weighted by Gasteiger charge is -2.21. The van der Waals surface area contributed by atoms with Crippen molar-refractivity contribution in [1.82, 2.24) is 0 Å². The van der Waals surface area contributed by atoms with Crippen LogP contribution in [-0.2, 0) is 15.0 Å². The Kier molecular flexibility index (Phi) is 3.10. The fourth-order valence-corrected chi connectivity index (χ4v) is 3.38. The molecule has 1 aliphatic rings. The average Bonchev–Trinajstić information content (AvgIpc) is 2.98. The molecule has 0 atom stereocenters. The number of carbonyl (C=O) groups is 2. The van der Waals surface area contributed by atoms with Crippen LogP contribution in [0.2, 0.25) is 0 Å². The Bertz CT molecular complexity index is 720. The van der Waals surface area contributed by atoms with E-state index >= 15 is 0 Å². The van der Waals surface area contributed by atoms with Gasteiger partial charge >= 0.3 is 0 Å². The van der Waals surface area contributed by atoms with Crippen molar-refractivity contribution in [2.45, 2.75) is 26.2 Å². The largest absolute Gasteiger partial charge is 0.325 e. The third kappa shape index (κ3) is 2.14. The maximum Gasteiger partial charge on any atom is 0.234 e. The highest BCUT2D eigenvalue weighted by atomic mass is 32.1. The second-order valence-corrected chi connectivity index (χ2v) is 6.54. The van der Waals surface area contributed by atoms with Crippen LogP contribution in [0.15, 0.2) is 35.7 Å². The van der Waals surface area contributed by atoms with Gasteiger partial charge in [-0.2, -0.15) is 0 Å². The van der Waals surface area contributed by atoms with E-state index in [-0.39, 0.29) is 11.8 Å². The molecular formula is C16H16N2O2S. The predicted molar refractivity (Wildman–Crippen MR) is 85.2 cm³/mol. The van der Waals surface area contributed by atoms with Crippen LogP contribution in [0, 0.1) is 0 Å². The van der Waals surface area contributed by atoms with Crippen molar-refractivity contribution < 1.29 is 9.59 Å². The minimum atomic E-state index is -0.530. The average molecular weight is 300 g/mol. The molecule has 2 heterocycles. The monoisotopic (exact) mass is 300 g/mol. The van der Waals surface area contributed by atoms with Gasteiger partial charge in [-0.05, 0) is 49.1 Å². The van der Waals surface area contributed by atoms with Crippen LogP contribution in [0.1, 0.15) is 26.3 Å². The Balaban J connectivity index is 2.07. The van der Waals surface area contributed by atoms with E-state index in [4.69, 9.17) is 0 Å². The Labute approximate surface area is 127 Å². The van der Waals surface area contributed by atoms with E-state index in [1.807, 2.05) is 49.6 Å². The van der Waals surface area contributed by atoms with E-state index in [1.165, 1.54) is 18.3 Å². The minimum Gasteiger partial charge on any atom is -0.325 e. The van der Waals surface area contributed by atoms with Crippen LogP contribution < -0.4 is 10.2 Å². The number of carbonyl (C=O) groups excluding carboxylic acids is 2. The van der Waals surface area contributed by atoms with E-state index in [2.05, 4.69) is 5.32 Å². The number of benzene rings is 1. The predicted octanol–water partition coefficient (Wildman–Crippen LogP) is 3.66. The van der Waals surface area contributed by atoms with E-state index in [9.17, 15) is 9.59 Å². The minimum absolute atomic E-state index is 0.0138. The Morgan fingerprint density at radius 3 is 2.67 bits per heavy atom. The molecule has 1 aromatic heterocycles. The standard InChI is InChI=1S/C16H16N2O2S/c1-10(19)18(14-5-4-8-21-14)11-6-7-12-13(9-11)17-15(20)16(12,2)3/h4-9H,1-3H3,(H,17,20). The number of amides is 2. The van der Waals surface area contributed by atoms with Gasteiger partial charge in [-0.15, -0.1) is 11.3 Å². The van der Waals surface area contributed by atoms with E-state index in [1.54, 1.807) is 4.90 Å². The molecule has 108 valence electrons. The van der Waals surface area contributed by atoms with Crippen molar-refractivity contribution in [3.63, 3.8) is 0 Å². The van der Waals surface area contributed by atoms with Gasteiger partial charge in [0.1, 0.15) is 5.00 Å². The van der Waals surface area contributed by atoms with Gasteiger partial charge in [0.15, 0.2) is 0 Å². The van der Waals surface area contributed by atoms with Crippen LogP contribution in [0.25, 0.3) is 0 Å². The molecule has 0 bridgehead atoms. The number of nitrogens with zero attached hydrogens (tertiary/aromatic N) is 1. The molecule has 0 fully saturated rings. The highest BCUT2D eigenvalue weighted by Crippen LogP contribution is 2.40. The lowest BCUT2D eigenvalue weighted by atomic mass is 9.86. The Hall–Kier alpha value is -2.14. The van der Waals surface area contributed by atoms with Crippen LogP contribution in [0.4, 0.5) is 16.4 Å². The van der Waals surface area contributed by atoms with Gasteiger partial charge in [0.2, 0.25) is 11.8 Å². The first-order valence-electron chi connectivity index (χ1n) is 6.71. The van der Waals surface area contributed by atoms with Crippen molar-refractivity contribution in [3.05, 3.63) is 41.3 Å². The number of hydrogen-bond donors (Lipinski definition) is 1. The van der Waals surface area contributed by atoms with Crippen LogP contribution in [-0.4, -0.2) is 11.8 Å². The summed E-state index contributed by atoms with van der Waals surface area (Å²) in [5.74, 6) is -0.0684. The lowest BCUT2D eigenvalue weighted by molar-refractivity contribution is -0.119. The molecule has 0 saturated carbocycles. The van der Waals surface area contributed by atoms with Crippen molar-refractivity contribution in [2.24, 2.45) is 0 Å². The van der Waals surface area contributed by atoms with Gasteiger partial charge in [-0.3, -0.25) is 14.5 Å². The number of rotatable bonds is 2. The summed E-state index contributed by atoms with van der Waals surface area (Å²) in [7, 11) is 0. The highest BCUT2D eigenvalue weighted by Gasteiger charge is 2.38. The van der Waals surface area contributed by atoms with Gasteiger partial charge < -0.3 is 5.32 Å². The van der Waals surface area contributed by atoms with Crippen LogP contribution >= 0.6 is 11.3 Å². The molecule has 0 unspecified atom stereocenters. The third-order valence-corrected chi connectivity index (χ3v) is 4.65. The number of fused-ring (bicyclic) bond motifs is 1. The fraction of sp³-hybridized carbons (Fsp3) is 0.250. The molecule has 3 rings (SSSR count). The van der Waals surface area contributed by atoms with Gasteiger partial charge in [-0.1, -0.05) is 6.07 Å². The van der Waals surface area contributed by atoms with E-state index < -0.39 is 5.41 Å². The van der Waals surface area contributed by atoms with Gasteiger partial charge in [-0.25, -0.2) is 0 Å². The summed E-state index contributed by atoms with van der Waals surface area (Å²) in [4.78, 5) is 25.6. The summed E-state index contributed by atoms with van der Waals surface area (Å²) < 4.78 is 0. The molecular weight excluding hydrogens is 284 g/mol. The maximum absolute atomic E-state index is 12.0. The smallest absolute Gasteiger partial charge is 0.234 e. The zero-order valence-electron chi connectivity index (χ0n) is 12.1. The second kappa shape index (κ2) is 4.70. The first-order chi connectivity index (χ1) is 9.91. The SMILES string of the molecule is CC(=O)N(c1ccc2c(c1)NC(=O)C2(C)C)c1cccs1. The van der Waals surface area contributed by atoms with Crippen LogP contribution in [0.3, 0.4) is 0 Å². The fourth-order valence-electron chi connectivity index (χ4n) is 2.58. The molecule has 0 aliphatic carbocycles. The van der Waals surface area contributed by atoms with Crippen LogP contribution in [0.5, 0.6) is 0 Å². The first-order valence-corrected chi connectivity index (χ1v) is 7.59. The summed E-state index contributed by atoms with van der Waals surface area (Å²) in [6.07, 6.45) is 0. The number of nitrogens with one attached hydrogen (secondary N) is 1. The topological polar surface area (TPSA) is 49.4 Å². The summed E-state index contributed by atoms with van der Waals surface area (Å²) in [6.45, 7) is 5.33. The van der Waals surface area contributed by atoms with E-state index in [0.717, 1.165) is 21.9 Å². The maximum atomic E-state index is 12.0.